The third kappa shape index (κ3) is 3.86. The fourth-order valence-electron chi connectivity index (χ4n) is 4.32. The van der Waals surface area contributed by atoms with Crippen LogP contribution in [0.4, 0.5) is 5.82 Å². The molecule has 0 bridgehead atoms. The van der Waals surface area contributed by atoms with Crippen molar-refractivity contribution in [3.05, 3.63) is 78.1 Å². The first-order valence-corrected chi connectivity index (χ1v) is 10.7. The summed E-state index contributed by atoms with van der Waals surface area (Å²) in [5.41, 5.74) is 5.23. The van der Waals surface area contributed by atoms with Crippen LogP contribution in [0.3, 0.4) is 0 Å². The van der Waals surface area contributed by atoms with Crippen LogP contribution < -0.4 is 9.64 Å². The Hall–Kier alpha value is -3.38. The molecule has 3 heterocycles. The molecule has 0 N–H and O–H groups in total. The Balaban J connectivity index is 1.42. The van der Waals surface area contributed by atoms with E-state index in [1.54, 1.807) is 7.11 Å². The van der Waals surface area contributed by atoms with E-state index in [2.05, 4.69) is 52.3 Å². The zero-order valence-corrected chi connectivity index (χ0v) is 18.0. The molecule has 1 aliphatic rings. The topological polar surface area (TPSA) is 45.9 Å². The van der Waals surface area contributed by atoms with Crippen molar-refractivity contribution in [3.63, 3.8) is 0 Å². The monoisotopic (exact) mass is 413 g/mol. The molecule has 158 valence electrons. The molecule has 0 aliphatic carbocycles. The number of benzene rings is 2. The molecule has 5 rings (SSSR count). The summed E-state index contributed by atoms with van der Waals surface area (Å²) in [4.78, 5) is 9.75. The van der Waals surface area contributed by atoms with E-state index in [0.717, 1.165) is 66.8 Å². The molecule has 2 aromatic carbocycles. The third-order valence-electron chi connectivity index (χ3n) is 5.92. The van der Waals surface area contributed by atoms with Crippen molar-refractivity contribution in [2.24, 2.45) is 0 Å². The summed E-state index contributed by atoms with van der Waals surface area (Å²) in [6, 6.07) is 20.9. The molecule has 31 heavy (non-hydrogen) atoms. The van der Waals surface area contributed by atoms with Gasteiger partial charge in [0.2, 0.25) is 0 Å². The van der Waals surface area contributed by atoms with Crippen LogP contribution in [0.1, 0.15) is 11.3 Å². The van der Waals surface area contributed by atoms with Gasteiger partial charge in [-0.05, 0) is 18.6 Å². The minimum Gasteiger partial charge on any atom is -0.496 e. The van der Waals surface area contributed by atoms with Crippen LogP contribution in [0.2, 0.25) is 0 Å². The van der Waals surface area contributed by atoms with Crippen molar-refractivity contribution in [3.8, 4) is 16.9 Å². The molecule has 0 saturated carbocycles. The first kappa shape index (κ1) is 19.6. The van der Waals surface area contributed by atoms with Crippen LogP contribution in [-0.4, -0.2) is 52.8 Å². The lowest BCUT2D eigenvalue weighted by Gasteiger charge is -2.36. The van der Waals surface area contributed by atoms with Gasteiger partial charge in [0.05, 0.1) is 18.9 Å². The Morgan fingerprint density at radius 3 is 2.42 bits per heavy atom. The number of methoxy groups -OCH3 is 1. The highest BCUT2D eigenvalue weighted by Gasteiger charge is 2.22. The molecule has 0 spiro atoms. The van der Waals surface area contributed by atoms with E-state index in [-0.39, 0.29) is 0 Å². The van der Waals surface area contributed by atoms with E-state index in [1.807, 2.05) is 35.8 Å². The minimum atomic E-state index is 0.830. The van der Waals surface area contributed by atoms with E-state index in [9.17, 15) is 0 Å². The Morgan fingerprint density at radius 2 is 1.65 bits per heavy atom. The van der Waals surface area contributed by atoms with Crippen LogP contribution in [0, 0.1) is 6.92 Å². The summed E-state index contributed by atoms with van der Waals surface area (Å²) >= 11 is 0. The molecule has 4 aromatic rings. The van der Waals surface area contributed by atoms with Crippen LogP contribution in [0.25, 0.3) is 16.8 Å². The van der Waals surface area contributed by atoms with E-state index in [1.165, 1.54) is 5.56 Å². The maximum atomic E-state index is 5.57. The number of aryl methyl sites for hydroxylation is 1. The lowest BCUT2D eigenvalue weighted by molar-refractivity contribution is 0.249. The van der Waals surface area contributed by atoms with Crippen LogP contribution >= 0.6 is 0 Å². The van der Waals surface area contributed by atoms with Gasteiger partial charge in [0.25, 0.3) is 0 Å². The predicted octanol–water partition coefficient (Wildman–Crippen LogP) is 4.04. The number of rotatable bonds is 5. The summed E-state index contributed by atoms with van der Waals surface area (Å²) in [5.74, 6) is 1.93. The van der Waals surface area contributed by atoms with Crippen molar-refractivity contribution >= 4 is 11.5 Å². The van der Waals surface area contributed by atoms with Gasteiger partial charge in [-0.1, -0.05) is 48.5 Å². The second-order valence-electron chi connectivity index (χ2n) is 8.00. The fourth-order valence-corrected chi connectivity index (χ4v) is 4.32. The number of piperazine rings is 1. The van der Waals surface area contributed by atoms with Crippen molar-refractivity contribution in [2.75, 3.05) is 38.2 Å². The van der Waals surface area contributed by atoms with Crippen LogP contribution in [-0.2, 0) is 6.54 Å². The summed E-state index contributed by atoms with van der Waals surface area (Å²) in [6.45, 7) is 7.04. The SMILES string of the molecule is COc1ccccc1-c1cnn2c(N3CCN(Cc4ccccc4)CC3)cc(C)nc12. The maximum Gasteiger partial charge on any atom is 0.165 e. The Kier molecular flexibility index (Phi) is 5.30. The van der Waals surface area contributed by atoms with Gasteiger partial charge in [-0.25, -0.2) is 4.98 Å². The van der Waals surface area contributed by atoms with E-state index >= 15 is 0 Å². The highest BCUT2D eigenvalue weighted by molar-refractivity contribution is 5.82. The van der Waals surface area contributed by atoms with Gasteiger partial charge < -0.3 is 9.64 Å². The molecule has 0 radical (unpaired) electrons. The lowest BCUT2D eigenvalue weighted by atomic mass is 10.1. The molecule has 6 nitrogen and oxygen atoms in total. The van der Waals surface area contributed by atoms with Crippen LogP contribution in [0.5, 0.6) is 5.75 Å². The van der Waals surface area contributed by atoms with Gasteiger partial charge in [-0.15, -0.1) is 0 Å². The molecule has 2 aromatic heterocycles. The van der Waals surface area contributed by atoms with Crippen molar-refractivity contribution in [2.45, 2.75) is 13.5 Å². The Bertz CT molecular complexity index is 1180. The molecule has 1 saturated heterocycles. The summed E-state index contributed by atoms with van der Waals surface area (Å²) < 4.78 is 7.55. The molecule has 6 heteroatoms. The number of para-hydroxylation sites is 1. The van der Waals surface area contributed by atoms with Gasteiger partial charge in [0.15, 0.2) is 5.65 Å². The minimum absolute atomic E-state index is 0.830. The molecule has 0 atom stereocenters. The molecule has 0 unspecified atom stereocenters. The van der Waals surface area contributed by atoms with Crippen molar-refractivity contribution < 1.29 is 4.74 Å². The molecule has 0 amide bonds. The number of hydrogen-bond donors (Lipinski definition) is 0. The van der Waals surface area contributed by atoms with Gasteiger partial charge in [0.1, 0.15) is 11.6 Å². The second-order valence-corrected chi connectivity index (χ2v) is 8.00. The number of nitrogens with zero attached hydrogens (tertiary/aromatic N) is 5. The lowest BCUT2D eigenvalue weighted by Crippen LogP contribution is -2.46. The van der Waals surface area contributed by atoms with Gasteiger partial charge in [-0.2, -0.15) is 9.61 Å². The van der Waals surface area contributed by atoms with Gasteiger partial charge >= 0.3 is 0 Å². The first-order chi connectivity index (χ1) is 15.2. The zero-order chi connectivity index (χ0) is 21.2. The highest BCUT2D eigenvalue weighted by atomic mass is 16.5. The number of aromatic nitrogens is 3. The third-order valence-corrected chi connectivity index (χ3v) is 5.92. The Labute approximate surface area is 182 Å². The molecular weight excluding hydrogens is 386 g/mol. The average molecular weight is 414 g/mol. The number of fused-ring (bicyclic) bond motifs is 1. The number of anilines is 1. The smallest absolute Gasteiger partial charge is 0.165 e. The van der Waals surface area contributed by atoms with Gasteiger partial charge in [-0.3, -0.25) is 4.90 Å². The van der Waals surface area contributed by atoms with Gasteiger partial charge in [0, 0.05) is 50.0 Å². The standard InChI is InChI=1S/C25H27N5O/c1-19-16-24(29-14-12-28(13-15-29)18-20-8-4-3-5-9-20)30-25(27-19)22(17-26-30)21-10-6-7-11-23(21)31-2/h3-11,16-17H,12-15,18H2,1-2H3. The summed E-state index contributed by atoms with van der Waals surface area (Å²) in [6.07, 6.45) is 1.90. The molecular formula is C25H27N5O. The van der Waals surface area contributed by atoms with Crippen LogP contribution in [0.15, 0.2) is 66.9 Å². The summed E-state index contributed by atoms with van der Waals surface area (Å²) in [5, 5.41) is 4.72. The van der Waals surface area contributed by atoms with E-state index in [0.29, 0.717) is 0 Å². The maximum absolute atomic E-state index is 5.57. The molecule has 1 fully saturated rings. The van der Waals surface area contributed by atoms with Crippen molar-refractivity contribution in [1.82, 2.24) is 19.5 Å². The quantitative estimate of drug-likeness (QED) is 0.494. The summed E-state index contributed by atoms with van der Waals surface area (Å²) in [7, 11) is 1.70. The molecule has 1 aliphatic heterocycles. The fraction of sp³-hybridized carbons (Fsp3) is 0.280. The first-order valence-electron chi connectivity index (χ1n) is 10.7. The van der Waals surface area contributed by atoms with Crippen molar-refractivity contribution in [1.29, 1.82) is 0 Å². The Morgan fingerprint density at radius 1 is 0.903 bits per heavy atom. The average Bonchev–Trinajstić information content (AvgIpc) is 3.23. The normalized spacial score (nSPS) is 14.8. The highest BCUT2D eigenvalue weighted by Crippen LogP contribution is 2.33. The zero-order valence-electron chi connectivity index (χ0n) is 18.0. The second kappa shape index (κ2) is 8.40. The van der Waals surface area contributed by atoms with E-state index in [4.69, 9.17) is 14.8 Å². The number of hydrogen-bond acceptors (Lipinski definition) is 5. The van der Waals surface area contributed by atoms with E-state index < -0.39 is 0 Å². The largest absolute Gasteiger partial charge is 0.496 e. The predicted molar refractivity (Wildman–Crippen MR) is 124 cm³/mol. The number of ether oxygens (including phenoxy) is 1.